The van der Waals surface area contributed by atoms with Crippen LogP contribution < -0.4 is 10.6 Å². The maximum absolute atomic E-state index is 12.5. The van der Waals surface area contributed by atoms with Crippen molar-refractivity contribution in [2.75, 3.05) is 0 Å². The Morgan fingerprint density at radius 2 is 1.96 bits per heavy atom. The van der Waals surface area contributed by atoms with Crippen molar-refractivity contribution in [1.29, 1.82) is 0 Å². The molecular formula is C20H25N3O2. The number of rotatable bonds is 4. The summed E-state index contributed by atoms with van der Waals surface area (Å²) in [5, 5.41) is 17.0. The van der Waals surface area contributed by atoms with Gasteiger partial charge in [-0.15, -0.1) is 0 Å². The van der Waals surface area contributed by atoms with E-state index in [1.807, 2.05) is 30.5 Å². The van der Waals surface area contributed by atoms with Gasteiger partial charge in [-0.3, -0.25) is 4.98 Å². The SMILES string of the molecule is O=C(NC1CCCC1)N[C@H](c1cnc2ccccc2c1)C1CC(O)C1. The smallest absolute Gasteiger partial charge is 0.315 e. The van der Waals surface area contributed by atoms with Gasteiger partial charge in [-0.05, 0) is 49.3 Å². The van der Waals surface area contributed by atoms with Gasteiger partial charge in [0.1, 0.15) is 0 Å². The van der Waals surface area contributed by atoms with Crippen LogP contribution in [0.5, 0.6) is 0 Å². The van der Waals surface area contributed by atoms with Crippen molar-refractivity contribution < 1.29 is 9.90 Å². The molecule has 0 spiro atoms. The molecule has 132 valence electrons. The van der Waals surface area contributed by atoms with Crippen LogP contribution in [0.3, 0.4) is 0 Å². The highest BCUT2D eigenvalue weighted by Gasteiger charge is 2.36. The predicted molar refractivity (Wildman–Crippen MR) is 97.1 cm³/mol. The molecule has 1 atom stereocenters. The maximum Gasteiger partial charge on any atom is 0.315 e. The first-order chi connectivity index (χ1) is 12.2. The second kappa shape index (κ2) is 7.00. The zero-order valence-corrected chi connectivity index (χ0v) is 14.3. The zero-order valence-electron chi connectivity index (χ0n) is 14.3. The molecule has 2 amide bonds. The third-order valence-electron chi connectivity index (χ3n) is 5.57. The lowest BCUT2D eigenvalue weighted by Gasteiger charge is -2.38. The molecule has 2 aromatic rings. The van der Waals surface area contributed by atoms with Gasteiger partial charge >= 0.3 is 6.03 Å². The quantitative estimate of drug-likeness (QED) is 0.800. The highest BCUT2D eigenvalue weighted by Crippen LogP contribution is 2.38. The summed E-state index contributed by atoms with van der Waals surface area (Å²) in [4.78, 5) is 17.0. The van der Waals surface area contributed by atoms with Gasteiger partial charge in [0.25, 0.3) is 0 Å². The van der Waals surface area contributed by atoms with Crippen molar-refractivity contribution in [3.8, 4) is 0 Å². The van der Waals surface area contributed by atoms with Gasteiger partial charge in [-0.25, -0.2) is 4.79 Å². The Hall–Kier alpha value is -2.14. The first kappa shape index (κ1) is 16.3. The largest absolute Gasteiger partial charge is 0.393 e. The van der Waals surface area contributed by atoms with Crippen molar-refractivity contribution in [2.24, 2.45) is 5.92 Å². The summed E-state index contributed by atoms with van der Waals surface area (Å²) in [5.41, 5.74) is 1.96. The second-order valence-corrected chi connectivity index (χ2v) is 7.42. The van der Waals surface area contributed by atoms with Crippen molar-refractivity contribution >= 4 is 16.9 Å². The number of hydrogen-bond donors (Lipinski definition) is 3. The van der Waals surface area contributed by atoms with Crippen molar-refractivity contribution in [3.05, 3.63) is 42.1 Å². The summed E-state index contributed by atoms with van der Waals surface area (Å²) < 4.78 is 0. The molecular weight excluding hydrogens is 314 g/mol. The zero-order chi connectivity index (χ0) is 17.2. The number of pyridine rings is 1. The van der Waals surface area contributed by atoms with Gasteiger partial charge in [0.15, 0.2) is 0 Å². The van der Waals surface area contributed by atoms with Crippen molar-refractivity contribution in [2.45, 2.75) is 56.7 Å². The molecule has 2 aliphatic carbocycles. The summed E-state index contributed by atoms with van der Waals surface area (Å²) in [6.07, 6.45) is 7.57. The van der Waals surface area contributed by atoms with E-state index in [2.05, 4.69) is 21.7 Å². The fourth-order valence-electron chi connectivity index (χ4n) is 4.07. The van der Waals surface area contributed by atoms with Crippen LogP contribution in [0.1, 0.15) is 50.1 Å². The number of nitrogens with one attached hydrogen (secondary N) is 2. The third kappa shape index (κ3) is 3.61. The number of para-hydroxylation sites is 1. The fraction of sp³-hybridized carbons (Fsp3) is 0.500. The molecule has 2 fully saturated rings. The molecule has 5 nitrogen and oxygen atoms in total. The highest BCUT2D eigenvalue weighted by atomic mass is 16.3. The highest BCUT2D eigenvalue weighted by molar-refractivity contribution is 5.79. The normalized spacial score (nSPS) is 24.7. The average Bonchev–Trinajstić information content (AvgIpc) is 3.09. The Balaban J connectivity index is 1.53. The van der Waals surface area contributed by atoms with Crippen LogP contribution >= 0.6 is 0 Å². The van der Waals surface area contributed by atoms with E-state index in [1.54, 1.807) is 0 Å². The van der Waals surface area contributed by atoms with E-state index in [0.29, 0.717) is 6.04 Å². The molecule has 0 radical (unpaired) electrons. The predicted octanol–water partition coefficient (Wildman–Crippen LogP) is 3.29. The summed E-state index contributed by atoms with van der Waals surface area (Å²) in [7, 11) is 0. The third-order valence-corrected chi connectivity index (χ3v) is 5.57. The van der Waals surface area contributed by atoms with Gasteiger partial charge in [0, 0.05) is 17.6 Å². The second-order valence-electron chi connectivity index (χ2n) is 7.42. The van der Waals surface area contributed by atoms with Gasteiger partial charge in [0.05, 0.1) is 17.7 Å². The monoisotopic (exact) mass is 339 g/mol. The van der Waals surface area contributed by atoms with Crippen LogP contribution in [0.15, 0.2) is 36.5 Å². The first-order valence-corrected chi connectivity index (χ1v) is 9.29. The Bertz CT molecular complexity index is 751. The molecule has 2 aliphatic rings. The number of hydrogen-bond acceptors (Lipinski definition) is 3. The average molecular weight is 339 g/mol. The van der Waals surface area contributed by atoms with Crippen molar-refractivity contribution in [1.82, 2.24) is 15.6 Å². The number of benzene rings is 1. The molecule has 1 aromatic heterocycles. The molecule has 5 heteroatoms. The maximum atomic E-state index is 12.5. The number of carbonyl (C=O) groups is 1. The number of aliphatic hydroxyl groups is 1. The van der Waals surface area contributed by atoms with E-state index in [0.717, 1.165) is 42.1 Å². The molecule has 2 saturated carbocycles. The lowest BCUT2D eigenvalue weighted by atomic mass is 9.75. The van der Waals surface area contributed by atoms with Crippen molar-refractivity contribution in [3.63, 3.8) is 0 Å². The Kier molecular flexibility index (Phi) is 4.57. The number of nitrogens with zero attached hydrogens (tertiary/aromatic N) is 1. The molecule has 25 heavy (non-hydrogen) atoms. The van der Waals surface area contributed by atoms with E-state index in [9.17, 15) is 9.90 Å². The van der Waals surface area contributed by atoms with E-state index >= 15 is 0 Å². The Morgan fingerprint density at radius 3 is 2.72 bits per heavy atom. The summed E-state index contributed by atoms with van der Waals surface area (Å²) in [6, 6.07) is 10.2. The van der Waals surface area contributed by atoms with Crippen LogP contribution in [-0.2, 0) is 0 Å². The number of urea groups is 1. The van der Waals surface area contributed by atoms with Gasteiger partial charge in [-0.2, -0.15) is 0 Å². The van der Waals surface area contributed by atoms with Crippen LogP contribution in [0, 0.1) is 5.92 Å². The minimum atomic E-state index is -0.249. The molecule has 3 N–H and O–H groups in total. The number of carbonyl (C=O) groups excluding carboxylic acids is 1. The number of amides is 2. The van der Waals surface area contributed by atoms with E-state index in [-0.39, 0.29) is 24.1 Å². The number of fused-ring (bicyclic) bond motifs is 1. The first-order valence-electron chi connectivity index (χ1n) is 9.29. The summed E-state index contributed by atoms with van der Waals surface area (Å²) >= 11 is 0. The van der Waals surface area contributed by atoms with Gasteiger partial charge in [-0.1, -0.05) is 31.0 Å². The summed E-state index contributed by atoms with van der Waals surface area (Å²) in [5.74, 6) is 0.257. The fourth-order valence-corrected chi connectivity index (χ4v) is 4.07. The molecule has 0 bridgehead atoms. The molecule has 4 rings (SSSR count). The summed E-state index contributed by atoms with van der Waals surface area (Å²) in [6.45, 7) is 0. The number of aliphatic hydroxyl groups excluding tert-OH is 1. The van der Waals surface area contributed by atoms with Crippen LogP contribution in [0.2, 0.25) is 0 Å². The minimum absolute atomic E-state index is 0.105. The molecule has 0 aliphatic heterocycles. The minimum Gasteiger partial charge on any atom is -0.393 e. The standard InChI is InChI=1S/C20H25N3O2/c24-17-10-14(11-17)19(23-20(25)22-16-6-2-3-7-16)15-9-13-5-1-4-8-18(13)21-12-15/h1,4-5,8-9,12,14,16-17,19,24H,2-3,6-7,10-11H2,(H2,22,23,25)/t14?,17?,19-/m0/s1. The van der Waals surface area contributed by atoms with E-state index in [1.165, 1.54) is 12.8 Å². The van der Waals surface area contributed by atoms with E-state index in [4.69, 9.17) is 0 Å². The lowest BCUT2D eigenvalue weighted by Crippen LogP contribution is -2.47. The molecule has 1 heterocycles. The Labute approximate surface area is 147 Å². The Morgan fingerprint density at radius 1 is 1.20 bits per heavy atom. The molecule has 1 aromatic carbocycles. The van der Waals surface area contributed by atoms with Crippen LogP contribution in [-0.4, -0.2) is 28.3 Å². The van der Waals surface area contributed by atoms with Gasteiger partial charge in [0.2, 0.25) is 0 Å². The van der Waals surface area contributed by atoms with Crippen LogP contribution in [0.4, 0.5) is 4.79 Å². The van der Waals surface area contributed by atoms with Crippen LogP contribution in [0.25, 0.3) is 10.9 Å². The topological polar surface area (TPSA) is 74.2 Å². The molecule has 0 unspecified atom stereocenters. The van der Waals surface area contributed by atoms with E-state index < -0.39 is 0 Å². The van der Waals surface area contributed by atoms with Gasteiger partial charge < -0.3 is 15.7 Å². The lowest BCUT2D eigenvalue weighted by molar-refractivity contribution is 0.0258. The molecule has 0 saturated heterocycles. The number of aromatic nitrogens is 1.